The first-order chi connectivity index (χ1) is 10.5. The standard InChI is InChI=1S/C14H13N5O3/c1-9-4-10-5-11(2-3-13(10)16-9)17-14(20)8-18-7-12(6-15-18)19(21)22/h2-7,16H,8H2,1H3,(H,17,20). The van der Waals surface area contributed by atoms with Crippen LogP contribution in [0.3, 0.4) is 0 Å². The topological polar surface area (TPSA) is 106 Å². The number of aryl methyl sites for hydroxylation is 1. The first-order valence-corrected chi connectivity index (χ1v) is 6.57. The molecule has 22 heavy (non-hydrogen) atoms. The summed E-state index contributed by atoms with van der Waals surface area (Å²) in [5.41, 5.74) is 2.57. The molecule has 0 aliphatic heterocycles. The molecule has 0 atom stereocenters. The lowest BCUT2D eigenvalue weighted by Gasteiger charge is -2.05. The van der Waals surface area contributed by atoms with E-state index in [1.807, 2.05) is 25.1 Å². The summed E-state index contributed by atoms with van der Waals surface area (Å²) >= 11 is 0. The lowest BCUT2D eigenvalue weighted by Crippen LogP contribution is -2.18. The second-order valence-electron chi connectivity index (χ2n) is 4.96. The number of hydrogen-bond donors (Lipinski definition) is 2. The van der Waals surface area contributed by atoms with Crippen LogP contribution in [0, 0.1) is 17.0 Å². The molecule has 0 fully saturated rings. The Morgan fingerprint density at radius 3 is 3.00 bits per heavy atom. The molecule has 2 aromatic heterocycles. The SMILES string of the molecule is Cc1cc2cc(NC(=O)Cn3cc([N+](=O)[O-])cn3)ccc2[nH]1. The molecule has 2 N–H and O–H groups in total. The highest BCUT2D eigenvalue weighted by Gasteiger charge is 2.11. The number of nitrogens with zero attached hydrogens (tertiary/aromatic N) is 3. The number of carbonyl (C=O) groups excluding carboxylic acids is 1. The van der Waals surface area contributed by atoms with Crippen LogP contribution in [0.1, 0.15) is 5.69 Å². The zero-order valence-electron chi connectivity index (χ0n) is 11.7. The van der Waals surface area contributed by atoms with Crippen molar-refractivity contribution in [1.82, 2.24) is 14.8 Å². The van der Waals surface area contributed by atoms with Gasteiger partial charge in [0.15, 0.2) is 0 Å². The molecule has 1 amide bonds. The third-order valence-corrected chi connectivity index (χ3v) is 3.18. The lowest BCUT2D eigenvalue weighted by atomic mass is 10.2. The van der Waals surface area contributed by atoms with E-state index in [0.717, 1.165) is 22.8 Å². The highest BCUT2D eigenvalue weighted by atomic mass is 16.6. The van der Waals surface area contributed by atoms with E-state index in [4.69, 9.17) is 0 Å². The third-order valence-electron chi connectivity index (χ3n) is 3.18. The minimum absolute atomic E-state index is 0.0853. The highest BCUT2D eigenvalue weighted by molar-refractivity contribution is 5.93. The van der Waals surface area contributed by atoms with Crippen molar-refractivity contribution in [3.63, 3.8) is 0 Å². The fourth-order valence-electron chi connectivity index (χ4n) is 2.24. The molecule has 1 aromatic carbocycles. The monoisotopic (exact) mass is 299 g/mol. The maximum absolute atomic E-state index is 12.0. The number of nitrogens with one attached hydrogen (secondary N) is 2. The minimum atomic E-state index is -0.552. The first-order valence-electron chi connectivity index (χ1n) is 6.57. The van der Waals surface area contributed by atoms with E-state index in [-0.39, 0.29) is 18.1 Å². The second kappa shape index (κ2) is 5.32. The molecule has 0 unspecified atom stereocenters. The molecule has 2 heterocycles. The maximum Gasteiger partial charge on any atom is 0.307 e. The lowest BCUT2D eigenvalue weighted by molar-refractivity contribution is -0.385. The summed E-state index contributed by atoms with van der Waals surface area (Å²) in [6.07, 6.45) is 2.33. The van der Waals surface area contributed by atoms with Crippen molar-refractivity contribution in [2.75, 3.05) is 5.32 Å². The van der Waals surface area contributed by atoms with Gasteiger partial charge >= 0.3 is 5.69 Å². The largest absolute Gasteiger partial charge is 0.359 e. The van der Waals surface area contributed by atoms with Crippen LogP contribution in [-0.4, -0.2) is 25.6 Å². The number of anilines is 1. The van der Waals surface area contributed by atoms with Gasteiger partial charge in [0.25, 0.3) is 0 Å². The average Bonchev–Trinajstić information content (AvgIpc) is 3.03. The number of rotatable bonds is 4. The quantitative estimate of drug-likeness (QED) is 0.569. The highest BCUT2D eigenvalue weighted by Crippen LogP contribution is 2.19. The zero-order chi connectivity index (χ0) is 15.7. The van der Waals surface area contributed by atoms with E-state index in [9.17, 15) is 14.9 Å². The fraction of sp³-hybridized carbons (Fsp3) is 0.143. The molecule has 0 saturated carbocycles. The smallest absolute Gasteiger partial charge is 0.307 e. The van der Waals surface area contributed by atoms with Crippen LogP contribution in [-0.2, 0) is 11.3 Å². The summed E-state index contributed by atoms with van der Waals surface area (Å²) in [4.78, 5) is 25.2. The number of hydrogen-bond acceptors (Lipinski definition) is 4. The Kier molecular flexibility index (Phi) is 3.34. The van der Waals surface area contributed by atoms with Crippen LogP contribution < -0.4 is 5.32 Å². The van der Waals surface area contributed by atoms with Crippen LogP contribution in [0.5, 0.6) is 0 Å². The van der Waals surface area contributed by atoms with E-state index < -0.39 is 4.92 Å². The molecule has 3 aromatic rings. The molecular formula is C14H13N5O3. The Balaban J connectivity index is 1.70. The van der Waals surface area contributed by atoms with Gasteiger partial charge in [-0.3, -0.25) is 19.6 Å². The molecule has 3 rings (SSSR count). The maximum atomic E-state index is 12.0. The summed E-state index contributed by atoms with van der Waals surface area (Å²) in [7, 11) is 0. The molecular weight excluding hydrogens is 286 g/mol. The van der Waals surface area contributed by atoms with Gasteiger partial charge in [0.05, 0.1) is 4.92 Å². The van der Waals surface area contributed by atoms with Crippen LogP contribution >= 0.6 is 0 Å². The Morgan fingerprint density at radius 2 is 2.27 bits per heavy atom. The van der Waals surface area contributed by atoms with Crippen LogP contribution in [0.25, 0.3) is 10.9 Å². The van der Waals surface area contributed by atoms with Gasteiger partial charge in [-0.15, -0.1) is 0 Å². The number of aromatic amines is 1. The molecule has 8 heteroatoms. The molecule has 112 valence electrons. The normalized spacial score (nSPS) is 10.8. The summed E-state index contributed by atoms with van der Waals surface area (Å²) < 4.78 is 1.23. The van der Waals surface area contributed by atoms with Crippen molar-refractivity contribution < 1.29 is 9.72 Å². The van der Waals surface area contributed by atoms with E-state index in [2.05, 4.69) is 15.4 Å². The van der Waals surface area contributed by atoms with Crippen molar-refractivity contribution in [1.29, 1.82) is 0 Å². The minimum Gasteiger partial charge on any atom is -0.359 e. The molecule has 0 bridgehead atoms. The summed E-state index contributed by atoms with van der Waals surface area (Å²) in [5.74, 6) is -0.301. The fourth-order valence-corrected chi connectivity index (χ4v) is 2.24. The Hall–Kier alpha value is -3.16. The van der Waals surface area contributed by atoms with Gasteiger partial charge in [-0.05, 0) is 31.2 Å². The first kappa shape index (κ1) is 13.8. The van der Waals surface area contributed by atoms with Gasteiger partial charge in [0.2, 0.25) is 5.91 Å². The van der Waals surface area contributed by atoms with Crippen molar-refractivity contribution in [2.45, 2.75) is 13.5 Å². The molecule has 8 nitrogen and oxygen atoms in total. The van der Waals surface area contributed by atoms with Crippen molar-refractivity contribution in [2.24, 2.45) is 0 Å². The van der Waals surface area contributed by atoms with Crippen molar-refractivity contribution in [3.8, 4) is 0 Å². The Bertz CT molecular complexity index is 864. The molecule has 0 radical (unpaired) electrons. The van der Waals surface area contributed by atoms with Crippen LogP contribution in [0.15, 0.2) is 36.7 Å². The number of aromatic nitrogens is 3. The van der Waals surface area contributed by atoms with Crippen LogP contribution in [0.2, 0.25) is 0 Å². The third kappa shape index (κ3) is 2.80. The number of amides is 1. The molecule has 0 aliphatic carbocycles. The second-order valence-corrected chi connectivity index (χ2v) is 4.96. The number of nitro groups is 1. The van der Waals surface area contributed by atoms with Gasteiger partial charge in [0.1, 0.15) is 18.9 Å². The zero-order valence-corrected chi connectivity index (χ0v) is 11.7. The van der Waals surface area contributed by atoms with Crippen molar-refractivity contribution >= 4 is 28.2 Å². The Labute approximate surface area is 124 Å². The Morgan fingerprint density at radius 1 is 1.45 bits per heavy atom. The number of H-pyrrole nitrogens is 1. The van der Waals surface area contributed by atoms with E-state index in [1.165, 1.54) is 10.9 Å². The van der Waals surface area contributed by atoms with Gasteiger partial charge in [-0.1, -0.05) is 0 Å². The van der Waals surface area contributed by atoms with Crippen LogP contribution in [0.4, 0.5) is 11.4 Å². The predicted octanol–water partition coefficient (Wildman–Crippen LogP) is 2.22. The summed E-state index contributed by atoms with van der Waals surface area (Å²) in [5, 5.41) is 18.1. The van der Waals surface area contributed by atoms with E-state index >= 15 is 0 Å². The van der Waals surface area contributed by atoms with Crippen molar-refractivity contribution in [3.05, 3.63) is 52.5 Å². The van der Waals surface area contributed by atoms with Gasteiger partial charge in [-0.2, -0.15) is 5.10 Å². The number of benzene rings is 1. The summed E-state index contributed by atoms with van der Waals surface area (Å²) in [6, 6.07) is 7.53. The molecule has 0 spiro atoms. The molecule has 0 saturated heterocycles. The van der Waals surface area contributed by atoms with E-state index in [0.29, 0.717) is 5.69 Å². The van der Waals surface area contributed by atoms with E-state index in [1.54, 1.807) is 6.07 Å². The number of carbonyl (C=O) groups is 1. The van der Waals surface area contributed by atoms with Gasteiger partial charge in [0, 0.05) is 22.3 Å². The van der Waals surface area contributed by atoms with Gasteiger partial charge < -0.3 is 10.3 Å². The average molecular weight is 299 g/mol. The van der Waals surface area contributed by atoms with Gasteiger partial charge in [-0.25, -0.2) is 0 Å². The molecule has 0 aliphatic rings. The number of fused-ring (bicyclic) bond motifs is 1. The summed E-state index contributed by atoms with van der Waals surface area (Å²) in [6.45, 7) is 1.88. The predicted molar refractivity (Wildman–Crippen MR) is 80.5 cm³/mol.